The molecule has 1 heterocycles. The van der Waals surface area contributed by atoms with Crippen molar-refractivity contribution < 1.29 is 9.84 Å². The van der Waals surface area contributed by atoms with Crippen LogP contribution < -0.4 is 4.74 Å². The molecule has 0 aliphatic carbocycles. The van der Waals surface area contributed by atoms with E-state index in [1.165, 1.54) is 10.4 Å². The van der Waals surface area contributed by atoms with Crippen LogP contribution in [0, 0.1) is 0 Å². The first kappa shape index (κ1) is 14.1. The van der Waals surface area contributed by atoms with E-state index in [-0.39, 0.29) is 6.61 Å². The smallest absolute Gasteiger partial charge is 0.118 e. The molecule has 0 amide bonds. The van der Waals surface area contributed by atoms with E-state index in [9.17, 15) is 0 Å². The van der Waals surface area contributed by atoms with Crippen LogP contribution in [0.1, 0.15) is 10.4 Å². The van der Waals surface area contributed by atoms with E-state index in [1.807, 2.05) is 12.1 Å². The number of ether oxygens (including phenoxy) is 1. The van der Waals surface area contributed by atoms with Gasteiger partial charge in [0.25, 0.3) is 0 Å². The highest BCUT2D eigenvalue weighted by molar-refractivity contribution is 7.09. The van der Waals surface area contributed by atoms with Crippen LogP contribution in [0.15, 0.2) is 41.8 Å². The van der Waals surface area contributed by atoms with Gasteiger partial charge in [0.2, 0.25) is 0 Å². The summed E-state index contributed by atoms with van der Waals surface area (Å²) in [6.45, 7) is 2.58. The Morgan fingerprint density at radius 2 is 1.95 bits per heavy atom. The van der Waals surface area contributed by atoms with Gasteiger partial charge < -0.3 is 9.84 Å². The lowest BCUT2D eigenvalue weighted by molar-refractivity contribution is 0.185. The number of methoxy groups -OCH3 is 1. The van der Waals surface area contributed by atoms with Crippen LogP contribution >= 0.6 is 11.3 Å². The molecule has 19 heavy (non-hydrogen) atoms. The molecule has 1 N–H and O–H groups in total. The van der Waals surface area contributed by atoms with Crippen molar-refractivity contribution in [1.29, 1.82) is 0 Å². The Bertz CT molecular complexity index is 467. The van der Waals surface area contributed by atoms with E-state index in [2.05, 4.69) is 34.5 Å². The summed E-state index contributed by atoms with van der Waals surface area (Å²) in [5.41, 5.74) is 1.23. The van der Waals surface area contributed by atoms with Crippen LogP contribution in [-0.4, -0.2) is 30.3 Å². The molecule has 102 valence electrons. The molecule has 3 nitrogen and oxygen atoms in total. The summed E-state index contributed by atoms with van der Waals surface area (Å²) in [5.74, 6) is 0.871. The van der Waals surface area contributed by atoms with Crippen molar-refractivity contribution in [2.75, 3.05) is 20.3 Å². The van der Waals surface area contributed by atoms with Crippen LogP contribution in [0.2, 0.25) is 0 Å². The molecule has 2 rings (SSSR count). The number of thiophene rings is 1. The molecule has 0 aliphatic rings. The maximum Gasteiger partial charge on any atom is 0.118 e. The van der Waals surface area contributed by atoms with Gasteiger partial charge in [0, 0.05) is 24.5 Å². The highest BCUT2D eigenvalue weighted by atomic mass is 32.1. The Hall–Kier alpha value is -1.36. The summed E-state index contributed by atoms with van der Waals surface area (Å²) >= 11 is 1.75. The number of rotatable bonds is 7. The lowest BCUT2D eigenvalue weighted by atomic mass is 10.2. The van der Waals surface area contributed by atoms with Gasteiger partial charge in [0.05, 0.1) is 13.7 Å². The first-order valence-corrected chi connectivity index (χ1v) is 7.18. The molecule has 0 radical (unpaired) electrons. The minimum Gasteiger partial charge on any atom is -0.497 e. The van der Waals surface area contributed by atoms with Crippen molar-refractivity contribution in [3.63, 3.8) is 0 Å². The molecule has 0 aliphatic heterocycles. The minimum atomic E-state index is 0.182. The maximum absolute atomic E-state index is 9.17. The zero-order chi connectivity index (χ0) is 13.5. The van der Waals surface area contributed by atoms with Crippen LogP contribution in [-0.2, 0) is 13.1 Å². The second-order valence-corrected chi connectivity index (χ2v) is 5.39. The normalized spacial score (nSPS) is 10.9. The van der Waals surface area contributed by atoms with Crippen LogP contribution in [0.25, 0.3) is 0 Å². The average Bonchev–Trinajstić information content (AvgIpc) is 2.93. The van der Waals surface area contributed by atoms with Gasteiger partial charge in [-0.05, 0) is 29.1 Å². The molecule has 0 saturated heterocycles. The van der Waals surface area contributed by atoms with Gasteiger partial charge in [-0.25, -0.2) is 0 Å². The van der Waals surface area contributed by atoms with E-state index in [0.29, 0.717) is 6.54 Å². The van der Waals surface area contributed by atoms with E-state index in [1.54, 1.807) is 18.4 Å². The number of aliphatic hydroxyl groups excluding tert-OH is 1. The van der Waals surface area contributed by atoms with Crippen LogP contribution in [0.4, 0.5) is 0 Å². The zero-order valence-electron chi connectivity index (χ0n) is 11.1. The third-order valence-electron chi connectivity index (χ3n) is 2.94. The van der Waals surface area contributed by atoms with Crippen molar-refractivity contribution in [1.82, 2.24) is 4.90 Å². The highest BCUT2D eigenvalue weighted by Crippen LogP contribution is 2.16. The third kappa shape index (κ3) is 4.35. The zero-order valence-corrected chi connectivity index (χ0v) is 11.9. The van der Waals surface area contributed by atoms with Crippen molar-refractivity contribution >= 4 is 11.3 Å². The molecular formula is C15H19NO2S. The fraction of sp³-hybridized carbons (Fsp3) is 0.333. The van der Waals surface area contributed by atoms with Crippen molar-refractivity contribution in [3.05, 3.63) is 52.2 Å². The fourth-order valence-corrected chi connectivity index (χ4v) is 2.71. The summed E-state index contributed by atoms with van der Waals surface area (Å²) < 4.78 is 5.15. The predicted octanol–water partition coefficient (Wildman–Crippen LogP) is 2.75. The Balaban J connectivity index is 1.98. The number of benzene rings is 1. The molecule has 0 unspecified atom stereocenters. The van der Waals surface area contributed by atoms with E-state index in [0.717, 1.165) is 18.8 Å². The average molecular weight is 277 g/mol. The Morgan fingerprint density at radius 1 is 1.16 bits per heavy atom. The Morgan fingerprint density at radius 3 is 2.53 bits per heavy atom. The van der Waals surface area contributed by atoms with Crippen molar-refractivity contribution in [2.24, 2.45) is 0 Å². The molecule has 0 fully saturated rings. The SMILES string of the molecule is COc1ccc(CN(CCO)Cc2cccs2)cc1. The van der Waals surface area contributed by atoms with Gasteiger partial charge in [-0.3, -0.25) is 4.90 Å². The van der Waals surface area contributed by atoms with Gasteiger partial charge in [-0.1, -0.05) is 18.2 Å². The number of nitrogens with zero attached hydrogens (tertiary/aromatic N) is 1. The number of hydrogen-bond donors (Lipinski definition) is 1. The topological polar surface area (TPSA) is 32.7 Å². The second kappa shape index (κ2) is 7.28. The van der Waals surface area contributed by atoms with Crippen LogP contribution in [0.5, 0.6) is 5.75 Å². The summed E-state index contributed by atoms with van der Waals surface area (Å²) in [5, 5.41) is 11.3. The van der Waals surface area contributed by atoms with Gasteiger partial charge in [0.1, 0.15) is 5.75 Å². The molecular weight excluding hydrogens is 258 g/mol. The third-order valence-corrected chi connectivity index (χ3v) is 3.80. The van der Waals surface area contributed by atoms with E-state index in [4.69, 9.17) is 9.84 Å². The Kier molecular flexibility index (Phi) is 5.39. The monoisotopic (exact) mass is 277 g/mol. The van der Waals surface area contributed by atoms with Crippen molar-refractivity contribution in [2.45, 2.75) is 13.1 Å². The number of aliphatic hydroxyl groups is 1. The first-order valence-electron chi connectivity index (χ1n) is 6.30. The summed E-state index contributed by atoms with van der Waals surface area (Å²) in [6, 6.07) is 12.3. The van der Waals surface area contributed by atoms with Crippen molar-refractivity contribution in [3.8, 4) is 5.75 Å². The van der Waals surface area contributed by atoms with Crippen LogP contribution in [0.3, 0.4) is 0 Å². The fourth-order valence-electron chi connectivity index (χ4n) is 1.97. The van der Waals surface area contributed by atoms with Gasteiger partial charge in [-0.2, -0.15) is 0 Å². The quantitative estimate of drug-likeness (QED) is 0.844. The number of hydrogen-bond acceptors (Lipinski definition) is 4. The molecule has 0 spiro atoms. The molecule has 4 heteroatoms. The second-order valence-electron chi connectivity index (χ2n) is 4.36. The molecule has 2 aromatic rings. The van der Waals surface area contributed by atoms with Gasteiger partial charge in [-0.15, -0.1) is 11.3 Å². The molecule has 1 aromatic carbocycles. The Labute approximate surface area is 118 Å². The predicted molar refractivity (Wildman–Crippen MR) is 78.5 cm³/mol. The molecule has 0 saturated carbocycles. The summed E-state index contributed by atoms with van der Waals surface area (Å²) in [4.78, 5) is 3.56. The highest BCUT2D eigenvalue weighted by Gasteiger charge is 2.07. The molecule has 0 atom stereocenters. The maximum atomic E-state index is 9.17. The minimum absolute atomic E-state index is 0.182. The van der Waals surface area contributed by atoms with E-state index < -0.39 is 0 Å². The lowest BCUT2D eigenvalue weighted by Crippen LogP contribution is -2.25. The summed E-state index contributed by atoms with van der Waals surface area (Å²) in [6.07, 6.45) is 0. The van der Waals surface area contributed by atoms with Gasteiger partial charge >= 0.3 is 0 Å². The lowest BCUT2D eigenvalue weighted by Gasteiger charge is -2.20. The molecule has 0 bridgehead atoms. The summed E-state index contributed by atoms with van der Waals surface area (Å²) in [7, 11) is 1.67. The molecule has 1 aromatic heterocycles. The first-order chi connectivity index (χ1) is 9.31. The van der Waals surface area contributed by atoms with E-state index >= 15 is 0 Å². The van der Waals surface area contributed by atoms with Gasteiger partial charge in [0.15, 0.2) is 0 Å². The standard InChI is InChI=1S/C15H19NO2S/c1-18-14-6-4-13(5-7-14)11-16(8-9-17)12-15-3-2-10-19-15/h2-7,10,17H,8-9,11-12H2,1H3. The largest absolute Gasteiger partial charge is 0.497 e.